The molecule has 0 aromatic heterocycles. The number of carbonyl (C=O) groups is 3. The minimum Gasteiger partial charge on any atom is -0.292 e. The summed E-state index contributed by atoms with van der Waals surface area (Å²) in [7, 11) is 0. The molecule has 1 aliphatic rings. The Kier molecular flexibility index (Phi) is 5.46. The van der Waals surface area contributed by atoms with Gasteiger partial charge < -0.3 is 0 Å². The van der Waals surface area contributed by atoms with Gasteiger partial charge in [0, 0.05) is 22.3 Å². The zero-order valence-corrected chi connectivity index (χ0v) is 19.9. The van der Waals surface area contributed by atoms with E-state index in [4.69, 9.17) is 0 Å². The summed E-state index contributed by atoms with van der Waals surface area (Å²) in [5.74, 6) is -1.18. The van der Waals surface area contributed by atoms with Gasteiger partial charge in [-0.3, -0.25) is 14.4 Å². The average Bonchev–Trinajstić information content (AvgIpc) is 2.98. The van der Waals surface area contributed by atoms with Crippen molar-refractivity contribution >= 4 is 34.2 Å². The molecule has 0 spiro atoms. The fourth-order valence-electron chi connectivity index (χ4n) is 5.40. The van der Waals surface area contributed by atoms with Crippen molar-refractivity contribution in [3.63, 3.8) is 0 Å². The van der Waals surface area contributed by atoms with Crippen LogP contribution in [0.3, 0.4) is 0 Å². The van der Waals surface area contributed by atoms with Crippen LogP contribution < -0.4 is 0 Å². The second kappa shape index (κ2) is 8.96. The number of rotatable bonds is 6. The van der Waals surface area contributed by atoms with Crippen LogP contribution in [-0.4, -0.2) is 17.3 Å². The van der Waals surface area contributed by atoms with Gasteiger partial charge in [-0.25, -0.2) is 0 Å². The van der Waals surface area contributed by atoms with E-state index in [1.165, 1.54) is 0 Å². The lowest BCUT2D eigenvalue weighted by Crippen LogP contribution is -2.49. The molecular weight excluding hydrogens is 456 g/mol. The smallest absolute Gasteiger partial charge is 0.190 e. The van der Waals surface area contributed by atoms with Crippen LogP contribution in [0.5, 0.6) is 0 Å². The van der Waals surface area contributed by atoms with E-state index in [0.29, 0.717) is 22.3 Å². The van der Waals surface area contributed by atoms with Gasteiger partial charge in [0.2, 0.25) is 0 Å². The lowest BCUT2D eigenvalue weighted by Gasteiger charge is -2.37. The van der Waals surface area contributed by atoms with Crippen LogP contribution in [0.25, 0.3) is 16.8 Å². The van der Waals surface area contributed by atoms with Crippen molar-refractivity contribution in [3.05, 3.63) is 161 Å². The summed E-state index contributed by atoms with van der Waals surface area (Å²) in [6.45, 7) is 0. The van der Waals surface area contributed by atoms with E-state index in [0.717, 1.165) is 16.3 Å². The van der Waals surface area contributed by atoms with Gasteiger partial charge in [-0.1, -0.05) is 127 Å². The van der Waals surface area contributed by atoms with Gasteiger partial charge in [-0.2, -0.15) is 0 Å². The van der Waals surface area contributed by atoms with Crippen molar-refractivity contribution in [1.82, 2.24) is 0 Å². The third kappa shape index (κ3) is 3.47. The molecule has 0 amide bonds. The predicted octanol–water partition coefficient (Wildman–Crippen LogP) is 7.12. The zero-order chi connectivity index (χ0) is 25.4. The Hall–Kier alpha value is -4.89. The van der Waals surface area contributed by atoms with Crippen LogP contribution >= 0.6 is 0 Å². The summed E-state index contributed by atoms with van der Waals surface area (Å²) in [5, 5.41) is 1.71. The first kappa shape index (κ1) is 22.6. The van der Waals surface area contributed by atoms with Gasteiger partial charge in [-0.05, 0) is 28.0 Å². The second-order valence-electron chi connectivity index (χ2n) is 9.14. The normalized spacial score (nSPS) is 13.6. The Morgan fingerprint density at radius 2 is 0.973 bits per heavy atom. The molecule has 3 nitrogen and oxygen atoms in total. The van der Waals surface area contributed by atoms with Gasteiger partial charge in [-0.15, -0.1) is 0 Å². The summed E-state index contributed by atoms with van der Waals surface area (Å²) >= 11 is 0. The van der Waals surface area contributed by atoms with Crippen LogP contribution in [0.2, 0.25) is 0 Å². The summed E-state index contributed by atoms with van der Waals surface area (Å²) in [4.78, 5) is 43.7. The molecule has 0 saturated carbocycles. The monoisotopic (exact) mass is 478 g/mol. The van der Waals surface area contributed by atoms with Gasteiger partial charge >= 0.3 is 0 Å². The highest BCUT2D eigenvalue weighted by Gasteiger charge is 2.55. The molecule has 0 N–H and O–H groups in total. The van der Waals surface area contributed by atoms with Crippen LogP contribution in [-0.2, 0) is 5.41 Å². The summed E-state index contributed by atoms with van der Waals surface area (Å²) in [5.41, 5.74) is 0.808. The highest BCUT2D eigenvalue weighted by molar-refractivity contribution is 6.35. The Morgan fingerprint density at radius 3 is 1.51 bits per heavy atom. The zero-order valence-electron chi connectivity index (χ0n) is 19.9. The largest absolute Gasteiger partial charge is 0.292 e. The fourth-order valence-corrected chi connectivity index (χ4v) is 5.40. The average molecular weight is 479 g/mol. The van der Waals surface area contributed by atoms with Crippen molar-refractivity contribution in [2.75, 3.05) is 0 Å². The Bertz CT molecular complexity index is 1640. The SMILES string of the molecule is O=C(C1=Cc2cccc3cccc(c23)C1(C(=O)c1ccccc1)C(=O)c1ccccc1)c1ccccc1. The molecule has 5 aromatic rings. The lowest BCUT2D eigenvalue weighted by atomic mass is 9.60. The highest BCUT2D eigenvalue weighted by Crippen LogP contribution is 2.48. The maximum absolute atomic E-state index is 14.7. The molecule has 0 aliphatic heterocycles. The third-order valence-corrected chi connectivity index (χ3v) is 7.08. The predicted molar refractivity (Wildman–Crippen MR) is 146 cm³/mol. The minimum atomic E-state index is -1.86. The van der Waals surface area contributed by atoms with Crippen molar-refractivity contribution < 1.29 is 14.4 Å². The summed E-state index contributed by atoms with van der Waals surface area (Å²) in [6, 6.07) is 37.8. The van der Waals surface area contributed by atoms with Crippen molar-refractivity contribution in [2.24, 2.45) is 0 Å². The lowest BCUT2D eigenvalue weighted by molar-refractivity contribution is 0.0772. The highest BCUT2D eigenvalue weighted by atomic mass is 16.2. The topological polar surface area (TPSA) is 51.2 Å². The second-order valence-corrected chi connectivity index (χ2v) is 9.14. The van der Waals surface area contributed by atoms with E-state index in [-0.39, 0.29) is 11.4 Å². The van der Waals surface area contributed by atoms with Gasteiger partial charge in [0.15, 0.2) is 22.8 Å². The van der Waals surface area contributed by atoms with E-state index in [1.807, 2.05) is 54.6 Å². The molecule has 0 saturated heterocycles. The van der Waals surface area contributed by atoms with Gasteiger partial charge in [0.25, 0.3) is 0 Å². The van der Waals surface area contributed by atoms with Crippen molar-refractivity contribution in [1.29, 1.82) is 0 Å². The number of benzene rings is 5. The maximum atomic E-state index is 14.7. The van der Waals surface area contributed by atoms with E-state index in [2.05, 4.69) is 0 Å². The van der Waals surface area contributed by atoms with E-state index in [9.17, 15) is 14.4 Å². The fraction of sp³-hybridized carbons (Fsp3) is 0.0294. The van der Waals surface area contributed by atoms with Crippen molar-refractivity contribution in [3.8, 4) is 0 Å². The van der Waals surface area contributed by atoms with Crippen molar-refractivity contribution in [2.45, 2.75) is 5.41 Å². The molecular formula is C34H22O3. The summed E-state index contributed by atoms with van der Waals surface area (Å²) < 4.78 is 0. The quantitative estimate of drug-likeness (QED) is 0.193. The molecule has 0 bridgehead atoms. The molecule has 0 radical (unpaired) electrons. The molecule has 5 aromatic carbocycles. The van der Waals surface area contributed by atoms with Gasteiger partial charge in [0.05, 0.1) is 0 Å². The Labute approximate surface area is 214 Å². The third-order valence-electron chi connectivity index (χ3n) is 7.08. The van der Waals surface area contributed by atoms with Crippen LogP contribution in [0.1, 0.15) is 42.2 Å². The first-order chi connectivity index (χ1) is 18.1. The molecule has 0 unspecified atom stereocenters. The first-order valence-corrected chi connectivity index (χ1v) is 12.2. The molecule has 176 valence electrons. The molecule has 0 atom stereocenters. The first-order valence-electron chi connectivity index (χ1n) is 12.2. The standard InChI is InChI=1S/C34H22O3/c35-31(24-12-4-1-5-13-24)29-22-27-20-10-18-23-19-11-21-28(30(23)27)34(29,32(36)25-14-6-2-7-15-25)33(37)26-16-8-3-9-17-26/h1-22H. The molecule has 3 heteroatoms. The number of hydrogen-bond donors (Lipinski definition) is 0. The maximum Gasteiger partial charge on any atom is 0.190 e. The van der Waals surface area contributed by atoms with Gasteiger partial charge in [0.1, 0.15) is 0 Å². The summed E-state index contributed by atoms with van der Waals surface area (Å²) in [6.07, 6.45) is 1.74. The molecule has 1 aliphatic carbocycles. The number of allylic oxidation sites excluding steroid dienone is 1. The Balaban J connectivity index is 1.75. The number of Topliss-reactive ketones (excluding diaryl/α,β-unsaturated/α-hetero) is 3. The molecule has 37 heavy (non-hydrogen) atoms. The van der Waals surface area contributed by atoms with E-state index >= 15 is 0 Å². The van der Waals surface area contributed by atoms with E-state index < -0.39 is 17.0 Å². The van der Waals surface area contributed by atoms with Crippen LogP contribution in [0.15, 0.2) is 133 Å². The number of carbonyl (C=O) groups excluding carboxylic acids is 3. The molecule has 0 heterocycles. The molecule has 0 fully saturated rings. The molecule has 6 rings (SSSR count). The van der Waals surface area contributed by atoms with Crippen LogP contribution in [0, 0.1) is 0 Å². The minimum absolute atomic E-state index is 0.160. The van der Waals surface area contributed by atoms with Crippen LogP contribution in [0.4, 0.5) is 0 Å². The number of ketones is 3. The van der Waals surface area contributed by atoms with E-state index in [1.54, 1.807) is 78.9 Å². The number of hydrogen-bond acceptors (Lipinski definition) is 3. The Morgan fingerprint density at radius 1 is 0.486 bits per heavy atom.